The second-order valence-corrected chi connectivity index (χ2v) is 7.10. The molecule has 1 aliphatic heterocycles. The van der Waals surface area contributed by atoms with Gasteiger partial charge >= 0.3 is 0 Å². The number of rotatable bonds is 4. The summed E-state index contributed by atoms with van der Waals surface area (Å²) in [5.41, 5.74) is 4.61. The van der Waals surface area contributed by atoms with Crippen molar-refractivity contribution < 1.29 is 9.59 Å². The van der Waals surface area contributed by atoms with Crippen molar-refractivity contribution in [2.45, 2.75) is 25.9 Å². The van der Waals surface area contributed by atoms with Crippen LogP contribution in [0.1, 0.15) is 27.0 Å². The summed E-state index contributed by atoms with van der Waals surface area (Å²) >= 11 is 0. The van der Waals surface area contributed by atoms with E-state index in [4.69, 9.17) is 0 Å². The van der Waals surface area contributed by atoms with Gasteiger partial charge in [0.1, 0.15) is 6.04 Å². The first kappa shape index (κ1) is 18.0. The lowest BCUT2D eigenvalue weighted by Crippen LogP contribution is -2.48. The third kappa shape index (κ3) is 3.54. The molecule has 0 aliphatic carbocycles. The van der Waals surface area contributed by atoms with Crippen molar-refractivity contribution in [3.05, 3.63) is 101 Å². The lowest BCUT2D eigenvalue weighted by atomic mass is 10.1. The van der Waals surface area contributed by atoms with Crippen molar-refractivity contribution in [3.63, 3.8) is 0 Å². The molecule has 3 aromatic carbocycles. The molecule has 0 fully saturated rings. The molecule has 0 bridgehead atoms. The summed E-state index contributed by atoms with van der Waals surface area (Å²) in [6.45, 7) is 2.47. The maximum absolute atomic E-state index is 13.2. The zero-order chi connectivity index (χ0) is 19.5. The quantitative estimate of drug-likeness (QED) is 0.758. The summed E-state index contributed by atoms with van der Waals surface area (Å²) in [6, 6.07) is 24.3. The monoisotopic (exact) mass is 370 g/mol. The molecular weight excluding hydrogens is 348 g/mol. The van der Waals surface area contributed by atoms with Crippen LogP contribution in [-0.2, 0) is 17.8 Å². The number of aryl methyl sites for hydroxylation is 1. The lowest BCUT2D eigenvalue weighted by molar-refractivity contribution is -0.122. The smallest absolute Gasteiger partial charge is 0.259 e. The number of carbonyl (C=O) groups excluding carboxylic acids is 2. The molecule has 4 rings (SSSR count). The summed E-state index contributed by atoms with van der Waals surface area (Å²) in [7, 11) is 0. The average Bonchev–Trinajstić information content (AvgIpc) is 3.12. The SMILES string of the molecule is Cc1cccc(CNC(=O)C2Cc3ccccc3N2C(=O)c2ccccc2)c1. The van der Waals surface area contributed by atoms with E-state index in [1.807, 2.05) is 67.6 Å². The highest BCUT2D eigenvalue weighted by Crippen LogP contribution is 2.33. The highest BCUT2D eigenvalue weighted by molar-refractivity contribution is 6.11. The Morgan fingerprint density at radius 2 is 1.71 bits per heavy atom. The van der Waals surface area contributed by atoms with E-state index in [-0.39, 0.29) is 11.8 Å². The molecule has 4 nitrogen and oxygen atoms in total. The molecule has 140 valence electrons. The number of benzene rings is 3. The fraction of sp³-hybridized carbons (Fsp3) is 0.167. The number of anilines is 1. The van der Waals surface area contributed by atoms with E-state index >= 15 is 0 Å². The van der Waals surface area contributed by atoms with Crippen molar-refractivity contribution in [1.82, 2.24) is 5.32 Å². The van der Waals surface area contributed by atoms with Crippen LogP contribution in [0.15, 0.2) is 78.9 Å². The first-order valence-electron chi connectivity index (χ1n) is 9.43. The van der Waals surface area contributed by atoms with Crippen LogP contribution in [0.2, 0.25) is 0 Å². The minimum atomic E-state index is -0.546. The zero-order valence-electron chi connectivity index (χ0n) is 15.8. The van der Waals surface area contributed by atoms with Gasteiger partial charge in [-0.1, -0.05) is 66.2 Å². The molecule has 0 radical (unpaired) electrons. The Morgan fingerprint density at radius 3 is 2.50 bits per heavy atom. The second-order valence-electron chi connectivity index (χ2n) is 7.10. The van der Waals surface area contributed by atoms with Gasteiger partial charge in [-0.3, -0.25) is 14.5 Å². The van der Waals surface area contributed by atoms with Crippen LogP contribution in [0.4, 0.5) is 5.69 Å². The molecule has 4 heteroatoms. The maximum atomic E-state index is 13.2. The number of carbonyl (C=O) groups is 2. The van der Waals surface area contributed by atoms with Gasteiger partial charge in [0.05, 0.1) is 0 Å². The Bertz CT molecular complexity index is 1010. The molecule has 1 heterocycles. The highest BCUT2D eigenvalue weighted by Gasteiger charge is 2.38. The minimum Gasteiger partial charge on any atom is -0.350 e. The van der Waals surface area contributed by atoms with Crippen molar-refractivity contribution in [3.8, 4) is 0 Å². The molecule has 1 atom stereocenters. The molecule has 0 saturated heterocycles. The molecule has 0 aromatic heterocycles. The molecule has 28 heavy (non-hydrogen) atoms. The Morgan fingerprint density at radius 1 is 0.964 bits per heavy atom. The minimum absolute atomic E-state index is 0.137. The molecule has 2 amide bonds. The molecule has 1 unspecified atom stereocenters. The van der Waals surface area contributed by atoms with Gasteiger partial charge in [-0.15, -0.1) is 0 Å². The van der Waals surface area contributed by atoms with Gasteiger partial charge in [0.2, 0.25) is 5.91 Å². The van der Waals surface area contributed by atoms with E-state index in [1.165, 1.54) is 0 Å². The average molecular weight is 370 g/mol. The lowest BCUT2D eigenvalue weighted by Gasteiger charge is -2.25. The number of nitrogens with zero attached hydrogens (tertiary/aromatic N) is 1. The highest BCUT2D eigenvalue weighted by atomic mass is 16.2. The fourth-order valence-corrected chi connectivity index (χ4v) is 3.70. The molecule has 0 saturated carbocycles. The van der Waals surface area contributed by atoms with E-state index in [9.17, 15) is 9.59 Å². The number of amides is 2. The van der Waals surface area contributed by atoms with E-state index < -0.39 is 6.04 Å². The topological polar surface area (TPSA) is 49.4 Å². The molecule has 1 aliphatic rings. The van der Waals surface area contributed by atoms with Crippen LogP contribution in [-0.4, -0.2) is 17.9 Å². The first-order chi connectivity index (χ1) is 13.6. The Balaban J connectivity index is 1.58. The number of nitrogens with one attached hydrogen (secondary N) is 1. The van der Waals surface area contributed by atoms with Crippen LogP contribution < -0.4 is 10.2 Å². The summed E-state index contributed by atoms with van der Waals surface area (Å²) in [5, 5.41) is 3.01. The predicted molar refractivity (Wildman–Crippen MR) is 110 cm³/mol. The van der Waals surface area contributed by atoms with Gasteiger partial charge in [-0.25, -0.2) is 0 Å². The third-order valence-electron chi connectivity index (χ3n) is 5.07. The maximum Gasteiger partial charge on any atom is 0.259 e. The van der Waals surface area contributed by atoms with Crippen molar-refractivity contribution in [2.75, 3.05) is 4.90 Å². The third-order valence-corrected chi connectivity index (χ3v) is 5.07. The van der Waals surface area contributed by atoms with Crippen molar-refractivity contribution in [1.29, 1.82) is 0 Å². The van der Waals surface area contributed by atoms with Crippen LogP contribution in [0.3, 0.4) is 0 Å². The van der Waals surface area contributed by atoms with Gasteiger partial charge in [0.25, 0.3) is 5.91 Å². The standard InChI is InChI=1S/C24H22N2O2/c1-17-8-7-9-18(14-17)16-25-23(27)22-15-20-12-5-6-13-21(20)26(22)24(28)19-10-3-2-4-11-19/h2-14,22H,15-16H2,1H3,(H,25,27). The number of hydrogen-bond acceptors (Lipinski definition) is 2. The number of para-hydroxylation sites is 1. The van der Waals surface area contributed by atoms with Gasteiger partial charge < -0.3 is 5.32 Å². The molecule has 1 N–H and O–H groups in total. The Labute approximate surface area is 164 Å². The molecular formula is C24H22N2O2. The first-order valence-corrected chi connectivity index (χ1v) is 9.43. The Hall–Kier alpha value is -3.40. The largest absolute Gasteiger partial charge is 0.350 e. The van der Waals surface area contributed by atoms with Gasteiger partial charge in [0.15, 0.2) is 0 Å². The van der Waals surface area contributed by atoms with Crippen molar-refractivity contribution in [2.24, 2.45) is 0 Å². The van der Waals surface area contributed by atoms with Crippen LogP contribution in [0.25, 0.3) is 0 Å². The zero-order valence-corrected chi connectivity index (χ0v) is 15.8. The second kappa shape index (κ2) is 7.69. The fourth-order valence-electron chi connectivity index (χ4n) is 3.70. The number of hydrogen-bond donors (Lipinski definition) is 1. The molecule has 0 spiro atoms. The van der Waals surface area contributed by atoms with E-state index in [0.717, 1.165) is 22.4 Å². The van der Waals surface area contributed by atoms with E-state index in [0.29, 0.717) is 18.5 Å². The summed E-state index contributed by atoms with van der Waals surface area (Å²) in [4.78, 5) is 27.8. The number of fused-ring (bicyclic) bond motifs is 1. The van der Waals surface area contributed by atoms with Gasteiger partial charge in [-0.2, -0.15) is 0 Å². The van der Waals surface area contributed by atoms with Crippen LogP contribution in [0, 0.1) is 6.92 Å². The Kier molecular flexibility index (Phi) is 4.94. The van der Waals surface area contributed by atoms with Gasteiger partial charge in [-0.05, 0) is 36.2 Å². The van der Waals surface area contributed by atoms with Crippen LogP contribution in [0.5, 0.6) is 0 Å². The van der Waals surface area contributed by atoms with Gasteiger partial charge in [0, 0.05) is 24.2 Å². The molecule has 3 aromatic rings. The van der Waals surface area contributed by atoms with E-state index in [2.05, 4.69) is 11.4 Å². The van der Waals surface area contributed by atoms with Crippen molar-refractivity contribution >= 4 is 17.5 Å². The normalized spacial score (nSPS) is 15.2. The summed E-state index contributed by atoms with van der Waals surface area (Å²) in [5.74, 6) is -0.289. The van der Waals surface area contributed by atoms with Crippen LogP contribution >= 0.6 is 0 Å². The summed E-state index contributed by atoms with van der Waals surface area (Å²) in [6.07, 6.45) is 0.522. The summed E-state index contributed by atoms with van der Waals surface area (Å²) < 4.78 is 0. The predicted octanol–water partition coefficient (Wildman–Crippen LogP) is 3.88. The van der Waals surface area contributed by atoms with E-state index in [1.54, 1.807) is 17.0 Å².